The number of hydrogen-bond donors (Lipinski definition) is 3. The highest BCUT2D eigenvalue weighted by molar-refractivity contribution is 8.00. The lowest BCUT2D eigenvalue weighted by molar-refractivity contribution is -0.154. The molecule has 4 amide bonds. The molecule has 0 radical (unpaired) electrons. The second kappa shape index (κ2) is 15.6. The molecule has 3 heterocycles. The van der Waals surface area contributed by atoms with Gasteiger partial charge in [-0.25, -0.2) is 19.4 Å². The summed E-state index contributed by atoms with van der Waals surface area (Å²) in [6.07, 6.45) is -0.355. The highest BCUT2D eigenvalue weighted by Crippen LogP contribution is 2.42. The molecule has 1 fully saturated rings. The Bertz CT molecular complexity index is 1780. The van der Waals surface area contributed by atoms with Crippen LogP contribution in [0.1, 0.15) is 57.0 Å². The predicted octanol–water partition coefficient (Wildman–Crippen LogP) is 5.37. The molecule has 3 aromatic rings. The van der Waals surface area contributed by atoms with Crippen molar-refractivity contribution in [1.29, 1.82) is 0 Å². The Morgan fingerprint density at radius 2 is 1.70 bits per heavy atom. The standard InChI is InChI=1S/C35H37N5O8S2/c1-5-12-23(24-19-50-33(37-24)39-34(45)48-35(2,3)4)28(41)38-25-29(42)40-26(22(17-46-32(36)44)18-49-30(25)40)31(43)47-27(20-13-8-6-9-14-20)21-15-10-7-11-16-21/h6-16,19,25,27,30H,5,17-18H2,1-4H3,(H2,36,44)(H,38,41)(H,37,39,45)/b23-12-/t25-,30-/m1/s1. The lowest BCUT2D eigenvalue weighted by Gasteiger charge is -2.49. The zero-order valence-corrected chi connectivity index (χ0v) is 29.5. The lowest BCUT2D eigenvalue weighted by atomic mass is 10.0. The van der Waals surface area contributed by atoms with Crippen molar-refractivity contribution in [3.63, 3.8) is 0 Å². The van der Waals surface area contributed by atoms with Crippen molar-refractivity contribution in [2.45, 2.75) is 57.2 Å². The molecule has 4 N–H and O–H groups in total. The fraction of sp³-hybridized carbons (Fsp3) is 0.314. The van der Waals surface area contributed by atoms with E-state index in [9.17, 15) is 24.0 Å². The Morgan fingerprint density at radius 1 is 1.06 bits per heavy atom. The Hall–Kier alpha value is -5.15. The number of ether oxygens (including phenoxy) is 3. The summed E-state index contributed by atoms with van der Waals surface area (Å²) in [5.74, 6) is -1.70. The van der Waals surface area contributed by atoms with E-state index in [0.717, 1.165) is 11.3 Å². The largest absolute Gasteiger partial charge is 0.448 e. The first-order chi connectivity index (χ1) is 23.9. The molecule has 2 aromatic carbocycles. The van der Waals surface area contributed by atoms with Gasteiger partial charge in [-0.15, -0.1) is 23.1 Å². The van der Waals surface area contributed by atoms with Gasteiger partial charge in [0.2, 0.25) is 0 Å². The number of nitrogens with two attached hydrogens (primary N) is 1. The quantitative estimate of drug-likeness (QED) is 0.101. The van der Waals surface area contributed by atoms with E-state index in [4.69, 9.17) is 19.9 Å². The summed E-state index contributed by atoms with van der Waals surface area (Å²) >= 11 is 2.41. The number of allylic oxidation sites excluding steroid dienone is 1. The number of esters is 1. The minimum Gasteiger partial charge on any atom is -0.448 e. The Morgan fingerprint density at radius 3 is 2.28 bits per heavy atom. The third kappa shape index (κ3) is 8.52. The zero-order chi connectivity index (χ0) is 36.0. The summed E-state index contributed by atoms with van der Waals surface area (Å²) in [5, 5.41) is 6.57. The van der Waals surface area contributed by atoms with Gasteiger partial charge in [-0.05, 0) is 38.3 Å². The van der Waals surface area contributed by atoms with Crippen LogP contribution in [-0.4, -0.2) is 69.2 Å². The topological polar surface area (TPSA) is 179 Å². The Labute approximate surface area is 297 Å². The molecule has 5 rings (SSSR count). The summed E-state index contributed by atoms with van der Waals surface area (Å²) in [6.45, 7) is 6.74. The van der Waals surface area contributed by atoms with Crippen molar-refractivity contribution in [2.24, 2.45) is 5.73 Å². The number of benzene rings is 2. The number of thiazole rings is 1. The molecule has 0 saturated carbocycles. The summed E-state index contributed by atoms with van der Waals surface area (Å²) in [4.78, 5) is 70.7. The second-order valence-electron chi connectivity index (χ2n) is 12.2. The molecular formula is C35H37N5O8S2. The lowest BCUT2D eigenvalue weighted by Crippen LogP contribution is -2.70. The van der Waals surface area contributed by atoms with Crippen LogP contribution in [-0.2, 0) is 28.6 Å². The third-order valence-electron chi connectivity index (χ3n) is 7.39. The maximum Gasteiger partial charge on any atom is 0.413 e. The normalized spacial score (nSPS) is 17.4. The van der Waals surface area contributed by atoms with Crippen LogP contribution in [0.4, 0.5) is 14.7 Å². The van der Waals surface area contributed by atoms with Crippen LogP contribution in [0.15, 0.2) is 83.4 Å². The van der Waals surface area contributed by atoms with Crippen LogP contribution >= 0.6 is 23.1 Å². The number of fused-ring (bicyclic) bond motifs is 1. The Kier molecular flexibility index (Phi) is 11.3. The summed E-state index contributed by atoms with van der Waals surface area (Å²) < 4.78 is 16.4. The first-order valence-electron chi connectivity index (χ1n) is 15.7. The van der Waals surface area contributed by atoms with E-state index in [1.165, 1.54) is 16.7 Å². The monoisotopic (exact) mass is 719 g/mol. The van der Waals surface area contributed by atoms with Crippen molar-refractivity contribution in [2.75, 3.05) is 17.7 Å². The number of aromatic nitrogens is 1. The number of β-lactam (4-membered cyclic amide) rings is 1. The molecule has 0 unspecified atom stereocenters. The van der Waals surface area contributed by atoms with Gasteiger partial charge in [0.05, 0.1) is 11.3 Å². The molecule has 1 aromatic heterocycles. The number of thioether (sulfide) groups is 1. The molecular weight excluding hydrogens is 683 g/mol. The molecule has 0 bridgehead atoms. The number of amides is 4. The van der Waals surface area contributed by atoms with Gasteiger partial charge in [0.25, 0.3) is 11.8 Å². The first kappa shape index (κ1) is 36.1. The molecule has 2 aliphatic heterocycles. The van der Waals surface area contributed by atoms with Crippen LogP contribution in [0.3, 0.4) is 0 Å². The average molecular weight is 720 g/mol. The highest BCUT2D eigenvalue weighted by Gasteiger charge is 2.55. The number of anilines is 1. The van der Waals surface area contributed by atoms with Crippen LogP contribution in [0.5, 0.6) is 0 Å². The average Bonchev–Trinajstić information content (AvgIpc) is 3.54. The van der Waals surface area contributed by atoms with Gasteiger partial charge in [0, 0.05) is 16.7 Å². The first-order valence-corrected chi connectivity index (χ1v) is 17.7. The smallest absolute Gasteiger partial charge is 0.413 e. The molecule has 2 atom stereocenters. The highest BCUT2D eigenvalue weighted by atomic mass is 32.2. The van der Waals surface area contributed by atoms with Crippen LogP contribution in [0.25, 0.3) is 5.57 Å². The zero-order valence-electron chi connectivity index (χ0n) is 27.8. The van der Waals surface area contributed by atoms with Gasteiger partial charge in [0.15, 0.2) is 11.2 Å². The third-order valence-corrected chi connectivity index (χ3v) is 9.48. The fourth-order valence-corrected chi connectivity index (χ4v) is 7.29. The molecule has 1 saturated heterocycles. The SMILES string of the molecule is CC/C=C(\C(=O)N[C@@H]1C(=O)N2C(C(=O)OC(c3ccccc3)c3ccccc3)=C(COC(N)=O)CS[C@H]12)c1csc(NC(=O)OC(C)(C)C)n1. The number of nitrogens with one attached hydrogen (secondary N) is 2. The molecule has 2 aliphatic rings. The van der Waals surface area contributed by atoms with E-state index in [-0.39, 0.29) is 28.8 Å². The van der Waals surface area contributed by atoms with Crippen LogP contribution in [0, 0.1) is 0 Å². The van der Waals surface area contributed by atoms with Crippen molar-refractivity contribution >= 4 is 63.8 Å². The molecule has 0 spiro atoms. The fourth-order valence-electron chi connectivity index (χ4n) is 5.27. The van der Waals surface area contributed by atoms with Crippen LogP contribution < -0.4 is 16.4 Å². The van der Waals surface area contributed by atoms with Crippen molar-refractivity contribution in [1.82, 2.24) is 15.2 Å². The molecule has 262 valence electrons. The number of primary amides is 1. The number of carbonyl (C=O) groups excluding carboxylic acids is 5. The van der Waals surface area contributed by atoms with Gasteiger partial charge >= 0.3 is 18.2 Å². The van der Waals surface area contributed by atoms with Crippen molar-refractivity contribution in [3.05, 3.63) is 100 Å². The molecule has 0 aliphatic carbocycles. The summed E-state index contributed by atoms with van der Waals surface area (Å²) in [5.41, 5.74) is 6.75. The van der Waals surface area contributed by atoms with Crippen LogP contribution in [0.2, 0.25) is 0 Å². The number of carbonyl (C=O) groups is 5. The van der Waals surface area contributed by atoms with Gasteiger partial charge in [-0.2, -0.15) is 0 Å². The van der Waals surface area contributed by atoms with E-state index in [2.05, 4.69) is 15.6 Å². The summed E-state index contributed by atoms with van der Waals surface area (Å²) in [6, 6.07) is 17.3. The molecule has 13 nitrogen and oxygen atoms in total. The van der Waals surface area contributed by atoms with Crippen molar-refractivity contribution in [3.8, 4) is 0 Å². The van der Waals surface area contributed by atoms with E-state index in [0.29, 0.717) is 28.8 Å². The Balaban J connectivity index is 1.35. The van der Waals surface area contributed by atoms with Gasteiger partial charge in [0.1, 0.15) is 29.3 Å². The predicted molar refractivity (Wildman–Crippen MR) is 189 cm³/mol. The van der Waals surface area contributed by atoms with E-state index in [1.807, 2.05) is 67.6 Å². The number of nitrogens with zero attached hydrogens (tertiary/aromatic N) is 2. The van der Waals surface area contributed by atoms with E-state index in [1.54, 1.807) is 32.2 Å². The molecule has 50 heavy (non-hydrogen) atoms. The minimum atomic E-state index is -1.04. The maximum atomic E-state index is 14.0. The van der Waals surface area contributed by atoms with Crippen molar-refractivity contribution < 1.29 is 38.2 Å². The van der Waals surface area contributed by atoms with Gasteiger partial charge in [-0.1, -0.05) is 73.7 Å². The van der Waals surface area contributed by atoms with Gasteiger partial charge in [-0.3, -0.25) is 19.8 Å². The maximum absolute atomic E-state index is 14.0. The van der Waals surface area contributed by atoms with Gasteiger partial charge < -0.3 is 25.3 Å². The van der Waals surface area contributed by atoms with E-state index >= 15 is 0 Å². The van der Waals surface area contributed by atoms with E-state index < -0.39 is 53.1 Å². The number of hydrogen-bond acceptors (Lipinski definition) is 11. The summed E-state index contributed by atoms with van der Waals surface area (Å²) in [7, 11) is 0. The number of rotatable bonds is 11. The second-order valence-corrected chi connectivity index (χ2v) is 14.2. The molecule has 15 heteroatoms. The minimum absolute atomic E-state index is 0.0657.